The van der Waals surface area contributed by atoms with E-state index in [0.29, 0.717) is 17.9 Å². The lowest BCUT2D eigenvalue weighted by Crippen LogP contribution is -2.24. The van der Waals surface area contributed by atoms with Crippen LogP contribution >= 0.6 is 0 Å². The molecule has 0 spiro atoms. The molecule has 0 unspecified atom stereocenters. The minimum Gasteiger partial charge on any atom is -0.405 e. The number of halogens is 1. The van der Waals surface area contributed by atoms with Crippen LogP contribution in [0.25, 0.3) is 0 Å². The first kappa shape index (κ1) is 35.3. The molecule has 1 rings (SSSR count). The lowest BCUT2D eigenvalue weighted by molar-refractivity contribution is 0.613. The number of hydrogen-bond acceptors (Lipinski definition) is 4. The molecule has 0 fully saturated rings. The summed E-state index contributed by atoms with van der Waals surface area (Å²) in [4.78, 5) is 10.3. The first-order valence-corrected chi connectivity index (χ1v) is 11.2. The van der Waals surface area contributed by atoms with Crippen molar-refractivity contribution in [1.29, 1.82) is 0 Å². The monoisotopic (exact) mass is 471 g/mol. The third kappa shape index (κ3) is 16.4. The molecule has 0 aliphatic carbocycles. The Morgan fingerprint density at radius 1 is 1.18 bits per heavy atom. The Hall–Kier alpha value is -3.25. The molecule has 0 aromatic carbocycles. The van der Waals surface area contributed by atoms with Crippen molar-refractivity contribution in [2.24, 2.45) is 21.5 Å². The predicted octanol–water partition coefficient (Wildman–Crippen LogP) is 7.12. The Balaban J connectivity index is -0.000000495. The van der Waals surface area contributed by atoms with Crippen LogP contribution in [0, 0.1) is 0 Å². The van der Waals surface area contributed by atoms with Gasteiger partial charge in [0.15, 0.2) is 0 Å². The SMILES string of the molecule is C=C(C)CC1=CC(C(=C)C)=NC(=C)N1C=NC.C=C/C(F)=C(C)\C=C(/C)CCN.C=CN.CC. The Labute approximate surface area is 207 Å². The van der Waals surface area contributed by atoms with Crippen molar-refractivity contribution < 1.29 is 4.39 Å². The summed E-state index contributed by atoms with van der Waals surface area (Å²) in [5.74, 6) is 0.388. The zero-order valence-electron chi connectivity index (χ0n) is 22.4. The van der Waals surface area contributed by atoms with Gasteiger partial charge in [0.1, 0.15) is 11.6 Å². The number of aliphatic imine (C=N–C) groups is 2. The van der Waals surface area contributed by atoms with Crippen LogP contribution in [0.4, 0.5) is 4.39 Å². The quantitative estimate of drug-likeness (QED) is 0.171. The summed E-state index contributed by atoms with van der Waals surface area (Å²) in [5.41, 5.74) is 15.6. The summed E-state index contributed by atoms with van der Waals surface area (Å²) >= 11 is 0. The van der Waals surface area contributed by atoms with Crippen molar-refractivity contribution in [2.75, 3.05) is 13.6 Å². The van der Waals surface area contributed by atoms with E-state index in [9.17, 15) is 4.39 Å². The van der Waals surface area contributed by atoms with Crippen molar-refractivity contribution in [1.82, 2.24) is 4.90 Å². The molecule has 1 aliphatic rings. The van der Waals surface area contributed by atoms with E-state index in [-0.39, 0.29) is 5.83 Å². The Morgan fingerprint density at radius 2 is 1.71 bits per heavy atom. The maximum Gasteiger partial charge on any atom is 0.131 e. The summed E-state index contributed by atoms with van der Waals surface area (Å²) in [6, 6.07) is 0. The number of allylic oxidation sites excluding steroid dienone is 7. The fourth-order valence-electron chi connectivity index (χ4n) is 2.44. The normalized spacial score (nSPS) is 13.5. The summed E-state index contributed by atoms with van der Waals surface area (Å²) in [6.45, 7) is 30.5. The van der Waals surface area contributed by atoms with Gasteiger partial charge in [-0.25, -0.2) is 9.38 Å². The third-order valence-corrected chi connectivity index (χ3v) is 3.85. The van der Waals surface area contributed by atoms with Crippen LogP contribution in [0.1, 0.15) is 54.4 Å². The first-order valence-electron chi connectivity index (χ1n) is 11.2. The minimum atomic E-state index is -0.272. The van der Waals surface area contributed by atoms with E-state index >= 15 is 0 Å². The topological polar surface area (TPSA) is 80.0 Å². The molecule has 1 aliphatic heterocycles. The average molecular weight is 472 g/mol. The van der Waals surface area contributed by atoms with Crippen molar-refractivity contribution in [3.05, 3.63) is 97.0 Å². The molecule has 5 nitrogen and oxygen atoms in total. The molecule has 0 aromatic heterocycles. The lowest BCUT2D eigenvalue weighted by atomic mass is 10.1. The highest BCUT2D eigenvalue weighted by Crippen LogP contribution is 2.23. The summed E-state index contributed by atoms with van der Waals surface area (Å²) < 4.78 is 12.8. The smallest absolute Gasteiger partial charge is 0.131 e. The molecular weight excluding hydrogens is 425 g/mol. The molecule has 0 amide bonds. The molecule has 0 saturated heterocycles. The number of nitrogens with zero attached hydrogens (tertiary/aromatic N) is 3. The maximum absolute atomic E-state index is 12.8. The average Bonchev–Trinajstić information content (AvgIpc) is 2.77. The standard InChI is InChI=1S/C14H19N3.C10H16FN.C2H5N.C2H6/c1-10(2)7-13-8-14(11(3)4)16-12(5)17(13)9-15-6;1-4-10(11)9(3)7-8(2)5-6-12;1-2-3;1-2/h8-9H,1,3,5,7H2,2,4,6H3;4,7H,1,5-6,12H2,2-3H3;2H,1,3H2;1-2H3/b;8-7+,10-9+;;. The fourth-order valence-corrected chi connectivity index (χ4v) is 2.44. The molecule has 0 aromatic rings. The van der Waals surface area contributed by atoms with E-state index in [0.717, 1.165) is 41.0 Å². The molecule has 0 atom stereocenters. The van der Waals surface area contributed by atoms with Gasteiger partial charge in [-0.05, 0) is 70.2 Å². The minimum absolute atomic E-state index is 0.272. The van der Waals surface area contributed by atoms with Gasteiger partial charge in [0.2, 0.25) is 0 Å². The molecular formula is C28H46FN5. The van der Waals surface area contributed by atoms with Crippen LogP contribution in [0.3, 0.4) is 0 Å². The molecule has 1 heterocycles. The van der Waals surface area contributed by atoms with Gasteiger partial charge in [-0.1, -0.05) is 64.0 Å². The van der Waals surface area contributed by atoms with Gasteiger partial charge in [0.05, 0.1) is 12.1 Å². The number of nitrogens with two attached hydrogens (primary N) is 2. The van der Waals surface area contributed by atoms with E-state index in [1.54, 1.807) is 26.4 Å². The van der Waals surface area contributed by atoms with E-state index in [2.05, 4.69) is 48.6 Å². The van der Waals surface area contributed by atoms with Crippen molar-refractivity contribution >= 4 is 12.1 Å². The second-order valence-electron chi connectivity index (χ2n) is 7.21. The van der Waals surface area contributed by atoms with Gasteiger partial charge >= 0.3 is 0 Å². The van der Waals surface area contributed by atoms with E-state index < -0.39 is 0 Å². The third-order valence-electron chi connectivity index (χ3n) is 3.85. The van der Waals surface area contributed by atoms with Gasteiger partial charge in [-0.2, -0.15) is 0 Å². The van der Waals surface area contributed by atoms with E-state index in [1.807, 2.05) is 45.6 Å². The van der Waals surface area contributed by atoms with Crippen LogP contribution in [-0.4, -0.2) is 30.5 Å². The zero-order valence-corrected chi connectivity index (χ0v) is 22.4. The summed E-state index contributed by atoms with van der Waals surface area (Å²) in [6.07, 6.45) is 9.56. The van der Waals surface area contributed by atoms with Gasteiger partial charge in [-0.15, -0.1) is 0 Å². The van der Waals surface area contributed by atoms with Crippen LogP contribution < -0.4 is 11.5 Å². The van der Waals surface area contributed by atoms with Crippen LogP contribution in [0.15, 0.2) is 107 Å². The van der Waals surface area contributed by atoms with Crippen LogP contribution in [0.2, 0.25) is 0 Å². The predicted molar refractivity (Wildman–Crippen MR) is 152 cm³/mol. The Bertz CT molecular complexity index is 839. The molecule has 0 saturated carbocycles. The van der Waals surface area contributed by atoms with Crippen LogP contribution in [-0.2, 0) is 0 Å². The fraction of sp³-hybridized carbons (Fsp3) is 0.357. The van der Waals surface area contributed by atoms with Gasteiger partial charge < -0.3 is 11.5 Å². The second-order valence-corrected chi connectivity index (χ2v) is 7.21. The molecule has 190 valence electrons. The highest BCUT2D eigenvalue weighted by molar-refractivity contribution is 6.09. The second kappa shape index (κ2) is 21.6. The van der Waals surface area contributed by atoms with Gasteiger partial charge in [0, 0.05) is 19.2 Å². The highest BCUT2D eigenvalue weighted by Gasteiger charge is 2.17. The summed E-state index contributed by atoms with van der Waals surface area (Å²) in [7, 11) is 1.73. The molecule has 6 heteroatoms. The van der Waals surface area contributed by atoms with Crippen molar-refractivity contribution in [3.8, 4) is 0 Å². The first-order chi connectivity index (χ1) is 16.0. The van der Waals surface area contributed by atoms with Crippen molar-refractivity contribution in [3.63, 3.8) is 0 Å². The van der Waals surface area contributed by atoms with Crippen LogP contribution in [0.5, 0.6) is 0 Å². The Kier molecular flexibility index (Phi) is 22.4. The van der Waals surface area contributed by atoms with Gasteiger partial charge in [-0.3, -0.25) is 9.89 Å². The van der Waals surface area contributed by atoms with Gasteiger partial charge in [0.25, 0.3) is 0 Å². The molecule has 0 bridgehead atoms. The number of hydrogen-bond donors (Lipinski definition) is 2. The Morgan fingerprint density at radius 3 is 2.09 bits per heavy atom. The van der Waals surface area contributed by atoms with E-state index in [4.69, 9.17) is 5.73 Å². The molecule has 34 heavy (non-hydrogen) atoms. The highest BCUT2D eigenvalue weighted by atomic mass is 19.1. The largest absolute Gasteiger partial charge is 0.405 e. The number of rotatable bonds is 8. The molecule has 4 N–H and O–H groups in total. The van der Waals surface area contributed by atoms with E-state index in [1.165, 1.54) is 12.3 Å². The van der Waals surface area contributed by atoms with Crippen molar-refractivity contribution in [2.45, 2.75) is 54.4 Å². The maximum atomic E-state index is 12.8. The lowest BCUT2D eigenvalue weighted by Gasteiger charge is -2.27. The molecule has 0 radical (unpaired) electrons. The summed E-state index contributed by atoms with van der Waals surface area (Å²) in [5, 5.41) is 0. The zero-order chi connectivity index (χ0) is 27.3.